The van der Waals surface area contributed by atoms with E-state index in [1.807, 2.05) is 78.3 Å². The van der Waals surface area contributed by atoms with Gasteiger partial charge in [-0.3, -0.25) is 9.48 Å². The van der Waals surface area contributed by atoms with E-state index in [1.165, 1.54) is 5.56 Å². The number of carbonyl (C=O) groups is 1. The van der Waals surface area contributed by atoms with Crippen LogP contribution in [0.25, 0.3) is 22.2 Å². The molecule has 1 N–H and O–H groups in total. The van der Waals surface area contributed by atoms with Crippen LogP contribution in [0.2, 0.25) is 5.02 Å². The van der Waals surface area contributed by atoms with Crippen molar-refractivity contribution in [1.29, 1.82) is 0 Å². The quantitative estimate of drug-likeness (QED) is 0.377. The molecule has 1 heterocycles. The smallest absolute Gasteiger partial charge is 0.244 e. The summed E-state index contributed by atoms with van der Waals surface area (Å²) in [5.74, 6) is 0.208. The molecule has 0 radical (unpaired) electrons. The van der Waals surface area contributed by atoms with Crippen LogP contribution in [0.15, 0.2) is 78.9 Å². The zero-order chi connectivity index (χ0) is 21.8. The lowest BCUT2D eigenvalue weighted by Crippen LogP contribution is -2.35. The number of nitrogens with zero attached hydrogens (tertiary/aromatic N) is 2. The molecule has 0 bridgehead atoms. The van der Waals surface area contributed by atoms with Crippen molar-refractivity contribution >= 4 is 28.4 Å². The van der Waals surface area contributed by atoms with Crippen molar-refractivity contribution in [3.8, 4) is 11.3 Å². The Labute approximate surface area is 187 Å². The van der Waals surface area contributed by atoms with Gasteiger partial charge in [-0.2, -0.15) is 5.10 Å². The number of aromatic nitrogens is 2. The van der Waals surface area contributed by atoms with Gasteiger partial charge in [0.15, 0.2) is 0 Å². The molecule has 4 nitrogen and oxygen atoms in total. The molecule has 158 valence electrons. The van der Waals surface area contributed by atoms with E-state index in [0.717, 1.165) is 22.2 Å². The van der Waals surface area contributed by atoms with Gasteiger partial charge in [0.1, 0.15) is 11.7 Å². The number of hydrogen-bond acceptors (Lipinski definition) is 2. The number of nitrogens with one attached hydrogen (secondary N) is 1. The number of hydrogen-bond donors (Lipinski definition) is 1. The second-order valence-electron chi connectivity index (χ2n) is 7.80. The SMILES string of the molecule is CC[C@H](C(=O)NC[C@H](C)c1ccccc1)n1nc(-c2ccccc2)c2cc(Cl)ccc21. The minimum absolute atomic E-state index is 0.0238. The van der Waals surface area contributed by atoms with E-state index in [-0.39, 0.29) is 11.8 Å². The van der Waals surface area contributed by atoms with Crippen molar-refractivity contribution in [3.63, 3.8) is 0 Å². The lowest BCUT2D eigenvalue weighted by molar-refractivity contribution is -0.124. The minimum Gasteiger partial charge on any atom is -0.354 e. The molecule has 0 unspecified atom stereocenters. The highest BCUT2D eigenvalue weighted by atomic mass is 35.5. The second-order valence-corrected chi connectivity index (χ2v) is 8.24. The predicted octanol–water partition coefficient (Wildman–Crippen LogP) is 6.23. The number of carbonyl (C=O) groups excluding carboxylic acids is 1. The zero-order valence-electron chi connectivity index (χ0n) is 17.8. The highest BCUT2D eigenvalue weighted by Gasteiger charge is 2.24. The van der Waals surface area contributed by atoms with E-state index in [1.54, 1.807) is 0 Å². The molecule has 4 rings (SSSR count). The van der Waals surface area contributed by atoms with Crippen LogP contribution in [0.4, 0.5) is 0 Å². The van der Waals surface area contributed by atoms with Gasteiger partial charge in [-0.25, -0.2) is 0 Å². The Morgan fingerprint density at radius 2 is 1.71 bits per heavy atom. The summed E-state index contributed by atoms with van der Waals surface area (Å²) in [4.78, 5) is 13.2. The van der Waals surface area contributed by atoms with Gasteiger partial charge in [0, 0.05) is 22.5 Å². The van der Waals surface area contributed by atoms with Crippen LogP contribution in [0.1, 0.15) is 37.8 Å². The summed E-state index contributed by atoms with van der Waals surface area (Å²) < 4.78 is 1.84. The Morgan fingerprint density at radius 3 is 2.39 bits per heavy atom. The molecule has 31 heavy (non-hydrogen) atoms. The largest absolute Gasteiger partial charge is 0.354 e. The van der Waals surface area contributed by atoms with Crippen LogP contribution >= 0.6 is 11.6 Å². The van der Waals surface area contributed by atoms with Gasteiger partial charge in [-0.15, -0.1) is 0 Å². The molecule has 1 amide bonds. The highest BCUT2D eigenvalue weighted by Crippen LogP contribution is 2.32. The Kier molecular flexibility index (Phi) is 6.38. The van der Waals surface area contributed by atoms with Crippen molar-refractivity contribution in [2.75, 3.05) is 6.54 Å². The molecule has 0 saturated heterocycles. The second kappa shape index (κ2) is 9.36. The van der Waals surface area contributed by atoms with E-state index in [0.29, 0.717) is 18.0 Å². The van der Waals surface area contributed by atoms with Crippen molar-refractivity contribution in [1.82, 2.24) is 15.1 Å². The van der Waals surface area contributed by atoms with Crippen molar-refractivity contribution < 1.29 is 4.79 Å². The first kappa shape index (κ1) is 21.1. The van der Waals surface area contributed by atoms with Crippen molar-refractivity contribution in [3.05, 3.63) is 89.4 Å². The van der Waals surface area contributed by atoms with Crippen LogP contribution in [0, 0.1) is 0 Å². The molecule has 2 atom stereocenters. The zero-order valence-corrected chi connectivity index (χ0v) is 18.5. The number of rotatable bonds is 7. The average Bonchev–Trinajstić information content (AvgIpc) is 3.17. The van der Waals surface area contributed by atoms with Crippen LogP contribution in [0.3, 0.4) is 0 Å². The highest BCUT2D eigenvalue weighted by molar-refractivity contribution is 6.31. The molecule has 0 spiro atoms. The van der Waals surface area contributed by atoms with Crippen molar-refractivity contribution in [2.45, 2.75) is 32.2 Å². The summed E-state index contributed by atoms with van der Waals surface area (Å²) >= 11 is 6.29. The third-order valence-electron chi connectivity index (χ3n) is 5.65. The summed E-state index contributed by atoms with van der Waals surface area (Å²) in [6.07, 6.45) is 0.638. The molecular weight excluding hydrogens is 406 g/mol. The van der Waals surface area contributed by atoms with Gasteiger partial charge in [0.05, 0.1) is 5.52 Å². The summed E-state index contributed by atoms with van der Waals surface area (Å²) in [7, 11) is 0. The van der Waals surface area contributed by atoms with E-state index in [9.17, 15) is 4.79 Å². The maximum atomic E-state index is 13.2. The molecule has 0 aliphatic carbocycles. The fourth-order valence-electron chi connectivity index (χ4n) is 3.90. The van der Waals surface area contributed by atoms with Gasteiger partial charge in [0.25, 0.3) is 0 Å². The van der Waals surface area contributed by atoms with E-state index < -0.39 is 6.04 Å². The third kappa shape index (κ3) is 4.49. The first-order valence-corrected chi connectivity index (χ1v) is 11.0. The summed E-state index contributed by atoms with van der Waals surface area (Å²) in [5.41, 5.74) is 3.95. The van der Waals surface area contributed by atoms with Gasteiger partial charge in [0.2, 0.25) is 5.91 Å². The van der Waals surface area contributed by atoms with Gasteiger partial charge < -0.3 is 5.32 Å². The summed E-state index contributed by atoms with van der Waals surface area (Å²) in [6, 6.07) is 25.5. The van der Waals surface area contributed by atoms with Gasteiger partial charge in [-0.05, 0) is 36.1 Å². The fourth-order valence-corrected chi connectivity index (χ4v) is 4.07. The Bertz CT molecular complexity index is 1170. The molecule has 3 aromatic carbocycles. The van der Waals surface area contributed by atoms with Crippen LogP contribution in [0.5, 0.6) is 0 Å². The molecule has 5 heteroatoms. The van der Waals surface area contributed by atoms with E-state index >= 15 is 0 Å². The number of fused-ring (bicyclic) bond motifs is 1. The third-order valence-corrected chi connectivity index (χ3v) is 5.89. The molecule has 4 aromatic rings. The van der Waals surface area contributed by atoms with Gasteiger partial charge >= 0.3 is 0 Å². The summed E-state index contributed by atoms with van der Waals surface area (Å²) in [6.45, 7) is 4.71. The van der Waals surface area contributed by atoms with Crippen LogP contribution in [-0.2, 0) is 4.79 Å². The molecule has 0 aliphatic rings. The lowest BCUT2D eigenvalue weighted by Gasteiger charge is -2.19. The first-order chi connectivity index (χ1) is 15.1. The molecule has 0 saturated carbocycles. The van der Waals surface area contributed by atoms with Crippen LogP contribution in [-0.4, -0.2) is 22.2 Å². The maximum absolute atomic E-state index is 13.2. The van der Waals surface area contributed by atoms with E-state index in [2.05, 4.69) is 24.4 Å². The average molecular weight is 432 g/mol. The number of amides is 1. The monoisotopic (exact) mass is 431 g/mol. The Hall–Kier alpha value is -3.11. The molecule has 1 aromatic heterocycles. The minimum atomic E-state index is -0.399. The van der Waals surface area contributed by atoms with Gasteiger partial charge in [-0.1, -0.05) is 86.1 Å². The fraction of sp³-hybridized carbons (Fsp3) is 0.231. The Balaban J connectivity index is 1.64. The molecule has 0 fully saturated rings. The summed E-state index contributed by atoms with van der Waals surface area (Å²) in [5, 5.41) is 9.60. The van der Waals surface area contributed by atoms with Crippen molar-refractivity contribution in [2.24, 2.45) is 0 Å². The molecule has 0 aliphatic heterocycles. The number of benzene rings is 3. The first-order valence-electron chi connectivity index (χ1n) is 10.6. The maximum Gasteiger partial charge on any atom is 0.244 e. The van der Waals surface area contributed by atoms with Crippen LogP contribution < -0.4 is 5.32 Å². The molecular formula is C26H26ClN3O. The number of halogens is 1. The standard InChI is InChI=1S/C26H26ClN3O/c1-3-23(26(31)28-17-18(2)19-10-6-4-7-11-19)30-24-15-14-21(27)16-22(24)25(29-30)20-12-8-5-9-13-20/h4-16,18,23H,3,17H2,1-2H3,(H,28,31)/t18-,23+/m0/s1. The predicted molar refractivity (Wildman–Crippen MR) is 127 cm³/mol. The van der Waals surface area contributed by atoms with E-state index in [4.69, 9.17) is 16.7 Å². The topological polar surface area (TPSA) is 46.9 Å². The Morgan fingerprint density at radius 1 is 1.03 bits per heavy atom. The lowest BCUT2D eigenvalue weighted by atomic mass is 10.0. The normalized spacial score (nSPS) is 13.1.